The Balaban J connectivity index is 1.83. The number of fused-ring (bicyclic) bond motifs is 1. The quantitative estimate of drug-likeness (QED) is 0.789. The summed E-state index contributed by atoms with van der Waals surface area (Å²) in [7, 11) is 0. The molecule has 1 aliphatic rings. The molecule has 5 nitrogen and oxygen atoms in total. The van der Waals surface area contributed by atoms with Gasteiger partial charge in [0.2, 0.25) is 10.8 Å². The smallest absolute Gasteiger partial charge is 0.230 e. The minimum Gasteiger partial charge on any atom is -0.492 e. The minimum absolute atomic E-state index is 0.0972. The van der Waals surface area contributed by atoms with E-state index in [0.29, 0.717) is 10.9 Å². The van der Waals surface area contributed by atoms with Crippen LogP contribution in [0.15, 0.2) is 30.6 Å². The summed E-state index contributed by atoms with van der Waals surface area (Å²) in [6.07, 6.45) is 3.73. The van der Waals surface area contributed by atoms with Crippen LogP contribution in [0.5, 0.6) is 5.88 Å². The lowest BCUT2D eigenvalue weighted by atomic mass is 9.95. The molecule has 126 valence electrons. The van der Waals surface area contributed by atoms with Crippen LogP contribution in [-0.4, -0.2) is 37.7 Å². The van der Waals surface area contributed by atoms with E-state index in [4.69, 9.17) is 0 Å². The van der Waals surface area contributed by atoms with Crippen molar-refractivity contribution in [2.45, 2.75) is 25.8 Å². The van der Waals surface area contributed by atoms with Crippen molar-refractivity contribution in [3.63, 3.8) is 0 Å². The number of halogens is 1. The molecule has 0 radical (unpaired) electrons. The maximum atomic E-state index is 13.8. The number of nitrogens with zero attached hydrogens (tertiary/aromatic N) is 4. The average Bonchev–Trinajstić information content (AvgIpc) is 3.12. The van der Waals surface area contributed by atoms with Crippen molar-refractivity contribution in [2.75, 3.05) is 13.1 Å². The Morgan fingerprint density at radius 1 is 1.42 bits per heavy atom. The lowest BCUT2D eigenvalue weighted by molar-refractivity contribution is 0.149. The van der Waals surface area contributed by atoms with Crippen molar-refractivity contribution in [2.24, 2.45) is 5.92 Å². The number of aromatic nitrogens is 3. The fourth-order valence-corrected chi connectivity index (χ4v) is 4.63. The first-order valence-corrected chi connectivity index (χ1v) is 8.96. The summed E-state index contributed by atoms with van der Waals surface area (Å²) >= 11 is 1.41. The molecule has 1 N–H and O–H groups in total. The van der Waals surface area contributed by atoms with E-state index in [2.05, 4.69) is 21.9 Å². The summed E-state index contributed by atoms with van der Waals surface area (Å²) in [6.45, 7) is 4.09. The summed E-state index contributed by atoms with van der Waals surface area (Å²) in [6, 6.07) is 6.46. The van der Waals surface area contributed by atoms with Gasteiger partial charge in [0.15, 0.2) is 0 Å². The van der Waals surface area contributed by atoms with Crippen LogP contribution in [0.3, 0.4) is 0 Å². The molecule has 4 rings (SSSR count). The molecule has 3 aromatic rings. The third kappa shape index (κ3) is 2.67. The number of hydrogen-bond donors (Lipinski definition) is 1. The third-order valence-corrected chi connectivity index (χ3v) is 5.69. The molecule has 1 aliphatic heterocycles. The standard InChI is InChI=1S/C17H19FN4OS/c1-11-4-3-7-21(9-11)14(12-5-2-6-13(18)8-12)15-16(23)22-17(24-15)19-10-20-22/h2,5-6,8,10-11,14,23H,3-4,7,9H2,1H3. The largest absolute Gasteiger partial charge is 0.492 e. The minimum atomic E-state index is -0.262. The Morgan fingerprint density at radius 2 is 2.29 bits per heavy atom. The first kappa shape index (κ1) is 15.5. The Hall–Kier alpha value is -1.99. The molecular formula is C17H19FN4OS. The van der Waals surface area contributed by atoms with Crippen molar-refractivity contribution >= 4 is 16.3 Å². The van der Waals surface area contributed by atoms with Gasteiger partial charge in [-0.1, -0.05) is 30.4 Å². The van der Waals surface area contributed by atoms with Crippen LogP contribution in [-0.2, 0) is 0 Å². The predicted molar refractivity (Wildman–Crippen MR) is 90.7 cm³/mol. The first-order chi connectivity index (χ1) is 11.6. The molecule has 2 aromatic heterocycles. The highest BCUT2D eigenvalue weighted by atomic mass is 32.1. The molecule has 7 heteroatoms. The van der Waals surface area contributed by atoms with E-state index in [-0.39, 0.29) is 17.7 Å². The molecule has 1 fully saturated rings. The Kier molecular flexibility index (Phi) is 3.97. The van der Waals surface area contributed by atoms with Crippen LogP contribution in [0.2, 0.25) is 0 Å². The highest BCUT2D eigenvalue weighted by Gasteiger charge is 2.31. The highest BCUT2D eigenvalue weighted by molar-refractivity contribution is 7.17. The zero-order valence-electron chi connectivity index (χ0n) is 13.4. The lowest BCUT2D eigenvalue weighted by Crippen LogP contribution is -2.37. The van der Waals surface area contributed by atoms with Gasteiger partial charge in [0.25, 0.3) is 0 Å². The number of benzene rings is 1. The second-order valence-electron chi connectivity index (χ2n) is 6.44. The molecule has 0 saturated carbocycles. The van der Waals surface area contributed by atoms with Gasteiger partial charge in [0.1, 0.15) is 12.1 Å². The van der Waals surface area contributed by atoms with Crippen LogP contribution in [0.1, 0.15) is 36.2 Å². The monoisotopic (exact) mass is 346 g/mol. The normalized spacial score (nSPS) is 20.5. The van der Waals surface area contributed by atoms with Crippen LogP contribution in [0.4, 0.5) is 4.39 Å². The molecule has 1 aromatic carbocycles. The van der Waals surface area contributed by atoms with Crippen molar-refractivity contribution in [1.82, 2.24) is 19.5 Å². The summed E-state index contributed by atoms with van der Waals surface area (Å²) < 4.78 is 15.3. The Labute approximate surface area is 143 Å². The van der Waals surface area contributed by atoms with Gasteiger partial charge in [-0.15, -0.1) is 0 Å². The molecule has 0 bridgehead atoms. The van der Waals surface area contributed by atoms with E-state index in [1.165, 1.54) is 34.7 Å². The predicted octanol–water partition coefficient (Wildman–Crippen LogP) is 3.46. The van der Waals surface area contributed by atoms with Gasteiger partial charge < -0.3 is 5.11 Å². The Morgan fingerprint density at radius 3 is 3.04 bits per heavy atom. The molecule has 1 saturated heterocycles. The molecule has 2 unspecified atom stereocenters. The van der Waals surface area contributed by atoms with Crippen molar-refractivity contribution < 1.29 is 9.50 Å². The molecule has 24 heavy (non-hydrogen) atoms. The van der Waals surface area contributed by atoms with Gasteiger partial charge in [-0.25, -0.2) is 9.37 Å². The molecule has 2 atom stereocenters. The van der Waals surface area contributed by atoms with Crippen LogP contribution >= 0.6 is 11.3 Å². The second kappa shape index (κ2) is 6.14. The first-order valence-electron chi connectivity index (χ1n) is 8.14. The fourth-order valence-electron chi connectivity index (χ4n) is 3.54. The summed E-state index contributed by atoms with van der Waals surface area (Å²) in [5.74, 6) is 0.417. The topological polar surface area (TPSA) is 53.7 Å². The van der Waals surface area contributed by atoms with E-state index < -0.39 is 0 Å². The van der Waals surface area contributed by atoms with E-state index in [9.17, 15) is 9.50 Å². The zero-order valence-corrected chi connectivity index (χ0v) is 14.2. The average molecular weight is 346 g/mol. The van der Waals surface area contributed by atoms with Crippen LogP contribution in [0, 0.1) is 11.7 Å². The zero-order chi connectivity index (χ0) is 16.7. The molecular weight excluding hydrogens is 327 g/mol. The number of aromatic hydroxyl groups is 1. The van der Waals surface area contributed by atoms with E-state index in [1.54, 1.807) is 12.1 Å². The van der Waals surface area contributed by atoms with E-state index in [0.717, 1.165) is 30.0 Å². The molecule has 0 spiro atoms. The van der Waals surface area contributed by atoms with E-state index >= 15 is 0 Å². The lowest BCUT2D eigenvalue weighted by Gasteiger charge is -2.37. The summed E-state index contributed by atoms with van der Waals surface area (Å²) in [4.78, 5) is 7.91. The Bertz CT molecular complexity index is 861. The van der Waals surface area contributed by atoms with Gasteiger partial charge >= 0.3 is 0 Å². The second-order valence-corrected chi connectivity index (χ2v) is 7.45. The summed E-state index contributed by atoms with van der Waals surface area (Å²) in [5.41, 5.74) is 0.851. The van der Waals surface area contributed by atoms with Gasteiger partial charge in [0.05, 0.1) is 10.9 Å². The van der Waals surface area contributed by atoms with Crippen molar-refractivity contribution in [3.05, 3.63) is 46.9 Å². The molecule has 3 heterocycles. The fraction of sp³-hybridized carbons (Fsp3) is 0.412. The number of piperidine rings is 1. The SMILES string of the molecule is CC1CCCN(C(c2cccc(F)c2)c2sc3ncnn3c2O)C1. The number of hydrogen-bond acceptors (Lipinski definition) is 5. The van der Waals surface area contributed by atoms with Crippen LogP contribution < -0.4 is 0 Å². The molecule has 0 aliphatic carbocycles. The van der Waals surface area contributed by atoms with Crippen molar-refractivity contribution in [1.29, 1.82) is 0 Å². The maximum Gasteiger partial charge on any atom is 0.230 e. The number of rotatable bonds is 3. The highest BCUT2D eigenvalue weighted by Crippen LogP contribution is 2.41. The van der Waals surface area contributed by atoms with Gasteiger partial charge in [0, 0.05) is 6.54 Å². The van der Waals surface area contributed by atoms with Gasteiger partial charge in [-0.05, 0) is 43.0 Å². The maximum absolute atomic E-state index is 13.8. The van der Waals surface area contributed by atoms with Gasteiger partial charge in [-0.2, -0.15) is 9.61 Å². The van der Waals surface area contributed by atoms with Gasteiger partial charge in [-0.3, -0.25) is 4.90 Å². The summed E-state index contributed by atoms with van der Waals surface area (Å²) in [5, 5.41) is 14.7. The van der Waals surface area contributed by atoms with Crippen molar-refractivity contribution in [3.8, 4) is 5.88 Å². The number of likely N-dealkylation sites (tertiary alicyclic amines) is 1. The number of thiazole rings is 1. The van der Waals surface area contributed by atoms with Crippen LogP contribution in [0.25, 0.3) is 4.96 Å². The molecule has 0 amide bonds. The van der Waals surface area contributed by atoms with E-state index in [1.807, 2.05) is 6.07 Å². The third-order valence-electron chi connectivity index (χ3n) is 4.61.